The molecule has 128 valence electrons. The van der Waals surface area contributed by atoms with Crippen LogP contribution in [0.15, 0.2) is 60.8 Å². The number of benzene rings is 2. The van der Waals surface area contributed by atoms with Gasteiger partial charge in [-0.25, -0.2) is 9.37 Å². The Bertz CT molecular complexity index is 824. The van der Waals surface area contributed by atoms with Crippen LogP contribution in [0, 0.1) is 5.82 Å². The van der Waals surface area contributed by atoms with Gasteiger partial charge in [0, 0.05) is 29.9 Å². The topological polar surface area (TPSA) is 49.8 Å². The molecule has 0 saturated carbocycles. The van der Waals surface area contributed by atoms with Crippen LogP contribution in [-0.2, 0) is 13.0 Å². The molecule has 0 bridgehead atoms. The monoisotopic (exact) mass is 356 g/mol. The van der Waals surface area contributed by atoms with Crippen molar-refractivity contribution in [2.24, 2.45) is 0 Å². The average Bonchev–Trinajstić information content (AvgIpc) is 2.63. The van der Waals surface area contributed by atoms with Crippen molar-refractivity contribution in [1.29, 1.82) is 0 Å². The Morgan fingerprint density at radius 1 is 0.960 bits per heavy atom. The van der Waals surface area contributed by atoms with Crippen molar-refractivity contribution in [1.82, 2.24) is 9.97 Å². The van der Waals surface area contributed by atoms with Crippen LogP contribution >= 0.6 is 11.6 Å². The van der Waals surface area contributed by atoms with Crippen LogP contribution in [0.25, 0.3) is 0 Å². The summed E-state index contributed by atoms with van der Waals surface area (Å²) in [5.74, 6) is 0.949. The third kappa shape index (κ3) is 5.16. The van der Waals surface area contributed by atoms with Gasteiger partial charge in [-0.3, -0.25) is 0 Å². The fraction of sp³-hybridized carbons (Fsp3) is 0.158. The van der Waals surface area contributed by atoms with Crippen LogP contribution in [0.2, 0.25) is 5.02 Å². The lowest BCUT2D eigenvalue weighted by atomic mass is 10.1. The molecule has 2 aromatic carbocycles. The zero-order chi connectivity index (χ0) is 17.5. The molecule has 3 rings (SSSR count). The molecule has 4 nitrogen and oxygen atoms in total. The van der Waals surface area contributed by atoms with E-state index in [1.54, 1.807) is 24.4 Å². The first kappa shape index (κ1) is 17.2. The molecule has 1 aromatic heterocycles. The van der Waals surface area contributed by atoms with E-state index < -0.39 is 0 Å². The van der Waals surface area contributed by atoms with E-state index in [1.165, 1.54) is 11.6 Å². The first-order chi connectivity index (χ1) is 12.2. The number of rotatable bonds is 7. The molecule has 0 atom stereocenters. The van der Waals surface area contributed by atoms with Crippen molar-refractivity contribution in [3.63, 3.8) is 0 Å². The summed E-state index contributed by atoms with van der Waals surface area (Å²) < 4.78 is 13.6. The summed E-state index contributed by atoms with van der Waals surface area (Å²) in [5, 5.41) is 7.03. The minimum absolute atomic E-state index is 0.231. The lowest BCUT2D eigenvalue weighted by Gasteiger charge is -2.09. The van der Waals surface area contributed by atoms with Gasteiger partial charge in [-0.1, -0.05) is 41.9 Å². The predicted molar refractivity (Wildman–Crippen MR) is 99.4 cm³/mol. The third-order valence-electron chi connectivity index (χ3n) is 3.68. The zero-order valence-electron chi connectivity index (χ0n) is 13.5. The summed E-state index contributed by atoms with van der Waals surface area (Å²) in [6.07, 6.45) is 2.51. The number of nitrogens with zero attached hydrogens (tertiary/aromatic N) is 2. The van der Waals surface area contributed by atoms with E-state index in [9.17, 15) is 4.39 Å². The molecule has 1 heterocycles. The van der Waals surface area contributed by atoms with Gasteiger partial charge in [-0.2, -0.15) is 4.98 Å². The van der Waals surface area contributed by atoms with E-state index in [-0.39, 0.29) is 5.82 Å². The summed E-state index contributed by atoms with van der Waals surface area (Å²) in [4.78, 5) is 8.59. The number of halogens is 2. The second-order valence-electron chi connectivity index (χ2n) is 5.51. The van der Waals surface area contributed by atoms with Crippen LogP contribution in [0.3, 0.4) is 0 Å². The highest BCUT2D eigenvalue weighted by Gasteiger charge is 2.03. The molecule has 0 spiro atoms. The van der Waals surface area contributed by atoms with E-state index in [1.807, 2.05) is 30.3 Å². The molecule has 6 heteroatoms. The largest absolute Gasteiger partial charge is 0.366 e. The Kier molecular flexibility index (Phi) is 5.80. The van der Waals surface area contributed by atoms with Gasteiger partial charge in [0.25, 0.3) is 0 Å². The number of aromatic nitrogens is 2. The van der Waals surface area contributed by atoms with E-state index in [0.29, 0.717) is 30.4 Å². The average molecular weight is 357 g/mol. The number of anilines is 2. The van der Waals surface area contributed by atoms with E-state index in [4.69, 9.17) is 11.6 Å². The van der Waals surface area contributed by atoms with Crippen LogP contribution < -0.4 is 10.6 Å². The van der Waals surface area contributed by atoms with Crippen LogP contribution in [0.5, 0.6) is 0 Å². The summed E-state index contributed by atoms with van der Waals surface area (Å²) >= 11 is 5.88. The van der Waals surface area contributed by atoms with Gasteiger partial charge in [-0.15, -0.1) is 0 Å². The molecule has 2 N–H and O–H groups in total. The van der Waals surface area contributed by atoms with Gasteiger partial charge in [0.2, 0.25) is 5.95 Å². The fourth-order valence-electron chi connectivity index (χ4n) is 2.34. The van der Waals surface area contributed by atoms with Gasteiger partial charge in [0.15, 0.2) is 0 Å². The Labute approximate surface area is 151 Å². The normalized spacial score (nSPS) is 10.5. The van der Waals surface area contributed by atoms with Crippen molar-refractivity contribution in [2.45, 2.75) is 13.0 Å². The fourth-order valence-corrected chi connectivity index (χ4v) is 2.47. The summed E-state index contributed by atoms with van der Waals surface area (Å²) in [6.45, 7) is 1.08. The first-order valence-corrected chi connectivity index (χ1v) is 8.37. The maximum atomic E-state index is 13.6. The standard InChI is InChI=1S/C19H18ClFN4/c20-16-7-5-14(6-8-16)9-11-22-19-23-12-10-18(25-19)24-13-15-3-1-2-4-17(15)21/h1-8,10,12H,9,11,13H2,(H2,22,23,24,25). The van der Waals surface area contributed by atoms with E-state index >= 15 is 0 Å². The van der Waals surface area contributed by atoms with Gasteiger partial charge in [0.1, 0.15) is 11.6 Å². The third-order valence-corrected chi connectivity index (χ3v) is 3.94. The molecule has 0 aliphatic rings. The molecule has 3 aromatic rings. The van der Waals surface area contributed by atoms with Gasteiger partial charge < -0.3 is 10.6 Å². The lowest BCUT2D eigenvalue weighted by Crippen LogP contribution is -2.10. The van der Waals surface area contributed by atoms with Gasteiger partial charge in [0.05, 0.1) is 0 Å². The minimum atomic E-state index is -0.231. The summed E-state index contributed by atoms with van der Waals surface area (Å²) in [7, 11) is 0. The molecule has 0 saturated heterocycles. The van der Waals surface area contributed by atoms with Crippen LogP contribution in [-0.4, -0.2) is 16.5 Å². The quantitative estimate of drug-likeness (QED) is 0.652. The second kappa shape index (κ2) is 8.44. The summed E-state index contributed by atoms with van der Waals surface area (Å²) in [5.41, 5.74) is 1.78. The number of hydrogen-bond acceptors (Lipinski definition) is 4. The first-order valence-electron chi connectivity index (χ1n) is 7.99. The highest BCUT2D eigenvalue weighted by Crippen LogP contribution is 2.12. The van der Waals surface area contributed by atoms with Crippen molar-refractivity contribution in [3.8, 4) is 0 Å². The van der Waals surface area contributed by atoms with Gasteiger partial charge >= 0.3 is 0 Å². The molecule has 0 aliphatic carbocycles. The molecule has 0 fully saturated rings. The summed E-state index contributed by atoms with van der Waals surface area (Å²) in [6, 6.07) is 16.2. The van der Waals surface area contributed by atoms with Crippen molar-refractivity contribution < 1.29 is 4.39 Å². The van der Waals surface area contributed by atoms with E-state index in [0.717, 1.165) is 11.4 Å². The number of hydrogen-bond donors (Lipinski definition) is 2. The molecule has 0 unspecified atom stereocenters. The molecule has 0 aliphatic heterocycles. The number of nitrogens with one attached hydrogen (secondary N) is 2. The van der Waals surface area contributed by atoms with E-state index in [2.05, 4.69) is 20.6 Å². The van der Waals surface area contributed by atoms with Gasteiger partial charge in [-0.05, 0) is 36.2 Å². The highest BCUT2D eigenvalue weighted by atomic mass is 35.5. The molecular formula is C19H18ClFN4. The Morgan fingerprint density at radius 3 is 2.56 bits per heavy atom. The molecular weight excluding hydrogens is 339 g/mol. The van der Waals surface area contributed by atoms with Crippen molar-refractivity contribution >= 4 is 23.4 Å². The predicted octanol–water partition coefficient (Wildman–Crippen LogP) is 4.54. The minimum Gasteiger partial charge on any atom is -0.366 e. The zero-order valence-corrected chi connectivity index (χ0v) is 14.3. The second-order valence-corrected chi connectivity index (χ2v) is 5.95. The van der Waals surface area contributed by atoms with Crippen molar-refractivity contribution in [3.05, 3.63) is 82.8 Å². The maximum Gasteiger partial charge on any atom is 0.224 e. The lowest BCUT2D eigenvalue weighted by molar-refractivity contribution is 0.613. The Balaban J connectivity index is 1.52. The molecule has 25 heavy (non-hydrogen) atoms. The SMILES string of the molecule is Fc1ccccc1CNc1ccnc(NCCc2ccc(Cl)cc2)n1. The van der Waals surface area contributed by atoms with Crippen LogP contribution in [0.1, 0.15) is 11.1 Å². The Morgan fingerprint density at radius 2 is 1.76 bits per heavy atom. The maximum absolute atomic E-state index is 13.6. The smallest absolute Gasteiger partial charge is 0.224 e. The molecule has 0 radical (unpaired) electrons. The Hall–Kier alpha value is -2.66. The highest BCUT2D eigenvalue weighted by molar-refractivity contribution is 6.30. The van der Waals surface area contributed by atoms with Crippen LogP contribution in [0.4, 0.5) is 16.2 Å². The van der Waals surface area contributed by atoms with Crippen molar-refractivity contribution in [2.75, 3.05) is 17.2 Å². The molecule has 0 amide bonds.